The number of carbonyl (C=O) groups excluding carboxylic acids is 1. The molecule has 0 bridgehead atoms. The first-order chi connectivity index (χ1) is 9.32. The van der Waals surface area contributed by atoms with Gasteiger partial charge in [0.15, 0.2) is 0 Å². The van der Waals surface area contributed by atoms with E-state index in [1.165, 1.54) is 0 Å². The minimum Gasteiger partial charge on any atom is -0.386 e. The van der Waals surface area contributed by atoms with Gasteiger partial charge < -0.3 is 15.2 Å². The summed E-state index contributed by atoms with van der Waals surface area (Å²) in [5.41, 5.74) is 0.655. The van der Waals surface area contributed by atoms with Crippen molar-refractivity contribution in [3.8, 4) is 0 Å². The Labute approximate surface area is 120 Å². The Balaban J connectivity index is 2.10. The van der Waals surface area contributed by atoms with Gasteiger partial charge in [0.2, 0.25) is 0 Å². The van der Waals surface area contributed by atoms with Gasteiger partial charge in [0.1, 0.15) is 5.60 Å². The summed E-state index contributed by atoms with van der Waals surface area (Å²) < 4.78 is 5.17. The van der Waals surface area contributed by atoms with Crippen molar-refractivity contribution in [1.29, 1.82) is 0 Å². The first kappa shape index (κ1) is 15.0. The van der Waals surface area contributed by atoms with E-state index in [-0.39, 0.29) is 24.5 Å². The molecule has 1 unspecified atom stereocenters. The minimum atomic E-state index is -0.924. The normalized spacial score (nSPS) is 22.8. The van der Waals surface area contributed by atoms with Crippen LogP contribution in [0.3, 0.4) is 0 Å². The Bertz CT molecular complexity index is 485. The first-order valence-electron chi connectivity index (χ1n) is 7.00. The zero-order chi connectivity index (χ0) is 14.8. The van der Waals surface area contributed by atoms with E-state index in [1.807, 2.05) is 24.3 Å². The highest BCUT2D eigenvalue weighted by Gasteiger charge is 2.33. The Hall–Kier alpha value is -1.39. The van der Waals surface area contributed by atoms with Crippen molar-refractivity contribution in [2.75, 3.05) is 19.8 Å². The molecule has 0 aliphatic carbocycles. The van der Waals surface area contributed by atoms with Crippen LogP contribution < -0.4 is 5.32 Å². The number of nitrogens with one attached hydrogen (secondary N) is 1. The number of rotatable bonds is 3. The summed E-state index contributed by atoms with van der Waals surface area (Å²) in [4.78, 5) is 12.3. The van der Waals surface area contributed by atoms with Crippen LogP contribution >= 0.6 is 0 Å². The van der Waals surface area contributed by atoms with Gasteiger partial charge in [-0.2, -0.15) is 0 Å². The summed E-state index contributed by atoms with van der Waals surface area (Å²) in [5, 5.41) is 13.0. The van der Waals surface area contributed by atoms with E-state index in [2.05, 4.69) is 26.1 Å². The highest BCUT2D eigenvalue weighted by molar-refractivity contribution is 5.96. The third-order valence-electron chi connectivity index (χ3n) is 3.64. The second kappa shape index (κ2) is 5.54. The largest absolute Gasteiger partial charge is 0.386 e. The molecule has 4 heteroatoms. The molecule has 0 aromatic heterocycles. The number of aliphatic hydroxyl groups is 1. The van der Waals surface area contributed by atoms with E-state index < -0.39 is 5.60 Å². The van der Waals surface area contributed by atoms with Gasteiger partial charge in [-0.25, -0.2) is 0 Å². The Morgan fingerprint density at radius 2 is 2.10 bits per heavy atom. The predicted molar refractivity (Wildman–Crippen MR) is 77.9 cm³/mol. The van der Waals surface area contributed by atoms with Crippen LogP contribution in [0.15, 0.2) is 24.3 Å². The van der Waals surface area contributed by atoms with E-state index in [0.29, 0.717) is 18.6 Å². The van der Waals surface area contributed by atoms with Gasteiger partial charge in [-0.1, -0.05) is 39.0 Å². The third-order valence-corrected chi connectivity index (χ3v) is 3.64. The zero-order valence-corrected chi connectivity index (χ0v) is 12.4. The maximum Gasteiger partial charge on any atom is 0.251 e. The molecule has 1 amide bonds. The number of benzene rings is 1. The van der Waals surface area contributed by atoms with Crippen LogP contribution in [0.4, 0.5) is 0 Å². The van der Waals surface area contributed by atoms with Crippen molar-refractivity contribution in [2.24, 2.45) is 0 Å². The van der Waals surface area contributed by atoms with Crippen LogP contribution in [0.5, 0.6) is 0 Å². The van der Waals surface area contributed by atoms with Crippen molar-refractivity contribution in [3.63, 3.8) is 0 Å². The Morgan fingerprint density at radius 3 is 2.70 bits per heavy atom. The maximum absolute atomic E-state index is 12.3. The highest BCUT2D eigenvalue weighted by atomic mass is 16.5. The quantitative estimate of drug-likeness (QED) is 0.886. The van der Waals surface area contributed by atoms with Crippen molar-refractivity contribution in [1.82, 2.24) is 5.32 Å². The lowest BCUT2D eigenvalue weighted by molar-refractivity contribution is 0.0264. The molecule has 0 spiro atoms. The number of hydrogen-bond acceptors (Lipinski definition) is 3. The third kappa shape index (κ3) is 3.38. The molecule has 2 rings (SSSR count). The second-order valence-corrected chi connectivity index (χ2v) is 6.51. The lowest BCUT2D eigenvalue weighted by Gasteiger charge is -2.24. The second-order valence-electron chi connectivity index (χ2n) is 6.51. The minimum absolute atomic E-state index is 0.0959. The van der Waals surface area contributed by atoms with Crippen LogP contribution in [0.1, 0.15) is 43.1 Å². The van der Waals surface area contributed by atoms with Crippen molar-refractivity contribution in [3.05, 3.63) is 35.4 Å². The standard InChI is InChI=1S/C16H23NO3/c1-15(2,3)13-7-5-4-6-12(13)14(18)17-10-16(19)8-9-20-11-16/h4-7,19H,8-11H2,1-3H3,(H,17,18). The topological polar surface area (TPSA) is 58.6 Å². The monoisotopic (exact) mass is 277 g/mol. The van der Waals surface area contributed by atoms with E-state index in [0.717, 1.165) is 5.56 Å². The van der Waals surface area contributed by atoms with Gasteiger partial charge in [-0.05, 0) is 17.0 Å². The van der Waals surface area contributed by atoms with E-state index in [4.69, 9.17) is 4.74 Å². The molecule has 1 atom stereocenters. The number of amides is 1. The molecule has 4 nitrogen and oxygen atoms in total. The van der Waals surface area contributed by atoms with Crippen LogP contribution in [0.25, 0.3) is 0 Å². The molecular formula is C16H23NO3. The molecule has 0 saturated carbocycles. The summed E-state index contributed by atoms with van der Waals surface area (Å²) in [6, 6.07) is 7.60. The average Bonchev–Trinajstić information content (AvgIpc) is 2.82. The molecule has 2 N–H and O–H groups in total. The lowest BCUT2D eigenvalue weighted by Crippen LogP contribution is -2.43. The molecule has 0 radical (unpaired) electrons. The highest BCUT2D eigenvalue weighted by Crippen LogP contribution is 2.26. The van der Waals surface area contributed by atoms with Crippen molar-refractivity contribution >= 4 is 5.91 Å². The van der Waals surface area contributed by atoms with Crippen LogP contribution in [0, 0.1) is 0 Å². The molecule has 1 heterocycles. The summed E-state index contributed by atoms with van der Waals surface area (Å²) >= 11 is 0. The Kier molecular flexibility index (Phi) is 4.16. The van der Waals surface area contributed by atoms with Crippen molar-refractivity contribution in [2.45, 2.75) is 38.2 Å². The van der Waals surface area contributed by atoms with Gasteiger partial charge >= 0.3 is 0 Å². The van der Waals surface area contributed by atoms with Crippen LogP contribution in [-0.2, 0) is 10.2 Å². The molecule has 1 aliphatic rings. The Morgan fingerprint density at radius 1 is 1.40 bits per heavy atom. The molecule has 1 aliphatic heterocycles. The molecule has 1 aromatic carbocycles. The first-order valence-corrected chi connectivity index (χ1v) is 7.00. The summed E-state index contributed by atoms with van der Waals surface area (Å²) in [6.45, 7) is 7.30. The van der Waals surface area contributed by atoms with E-state index >= 15 is 0 Å². The summed E-state index contributed by atoms with van der Waals surface area (Å²) in [7, 11) is 0. The molecule has 1 fully saturated rings. The fraction of sp³-hybridized carbons (Fsp3) is 0.562. The van der Waals surface area contributed by atoms with Crippen LogP contribution in [0.2, 0.25) is 0 Å². The maximum atomic E-state index is 12.3. The van der Waals surface area contributed by atoms with Gasteiger partial charge in [0.25, 0.3) is 5.91 Å². The smallest absolute Gasteiger partial charge is 0.251 e. The lowest BCUT2D eigenvalue weighted by atomic mass is 9.83. The zero-order valence-electron chi connectivity index (χ0n) is 12.4. The molecular weight excluding hydrogens is 254 g/mol. The van der Waals surface area contributed by atoms with Gasteiger partial charge in [0, 0.05) is 25.1 Å². The van der Waals surface area contributed by atoms with Crippen molar-refractivity contribution < 1.29 is 14.6 Å². The predicted octanol–water partition coefficient (Wildman–Crippen LogP) is 1.87. The molecule has 20 heavy (non-hydrogen) atoms. The number of hydrogen-bond donors (Lipinski definition) is 2. The van der Waals surface area contributed by atoms with Gasteiger partial charge in [-0.3, -0.25) is 4.79 Å². The summed E-state index contributed by atoms with van der Waals surface area (Å²) in [6.07, 6.45) is 0.564. The molecule has 1 saturated heterocycles. The SMILES string of the molecule is CC(C)(C)c1ccccc1C(=O)NCC1(O)CCOC1. The number of carbonyl (C=O) groups is 1. The van der Waals surface area contributed by atoms with Gasteiger partial charge in [0.05, 0.1) is 6.61 Å². The molecule has 110 valence electrons. The molecule has 1 aromatic rings. The fourth-order valence-electron chi connectivity index (χ4n) is 2.41. The summed E-state index contributed by atoms with van der Waals surface area (Å²) in [5.74, 6) is -0.143. The van der Waals surface area contributed by atoms with Gasteiger partial charge in [-0.15, -0.1) is 0 Å². The fourth-order valence-corrected chi connectivity index (χ4v) is 2.41. The average molecular weight is 277 g/mol. The van der Waals surface area contributed by atoms with E-state index in [1.54, 1.807) is 0 Å². The van der Waals surface area contributed by atoms with E-state index in [9.17, 15) is 9.90 Å². The van der Waals surface area contributed by atoms with Crippen LogP contribution in [-0.4, -0.2) is 36.4 Å². The number of ether oxygens (including phenoxy) is 1.